The molecule has 0 saturated heterocycles. The molecule has 1 amide bonds. The van der Waals surface area contributed by atoms with E-state index in [1.165, 1.54) is 22.7 Å². The molecule has 0 aliphatic heterocycles. The quantitative estimate of drug-likeness (QED) is 0.687. The van der Waals surface area contributed by atoms with E-state index in [1.807, 2.05) is 4.57 Å². The molecule has 1 aromatic carbocycles. The fourth-order valence-corrected chi connectivity index (χ4v) is 2.79. The molecule has 124 valence electrons. The maximum Gasteiger partial charge on any atom is 0.233 e. The van der Waals surface area contributed by atoms with Gasteiger partial charge in [0.15, 0.2) is 5.16 Å². The van der Waals surface area contributed by atoms with Crippen molar-refractivity contribution in [2.75, 3.05) is 26.5 Å². The van der Waals surface area contributed by atoms with Crippen LogP contribution in [0, 0.1) is 5.82 Å². The maximum atomic E-state index is 13.6. The molecule has 0 fully saturated rings. The van der Waals surface area contributed by atoms with Crippen molar-refractivity contribution in [1.29, 1.82) is 0 Å². The zero-order valence-electron chi connectivity index (χ0n) is 13.1. The predicted octanol–water partition coefficient (Wildman–Crippen LogP) is 1.81. The second kappa shape index (κ2) is 8.64. The first kappa shape index (κ1) is 17.4. The van der Waals surface area contributed by atoms with Gasteiger partial charge in [0.2, 0.25) is 5.91 Å². The highest BCUT2D eigenvalue weighted by Crippen LogP contribution is 2.16. The summed E-state index contributed by atoms with van der Waals surface area (Å²) in [5.74, 6) is -0.185. The number of amides is 1. The fourth-order valence-electron chi connectivity index (χ4n) is 1.91. The van der Waals surface area contributed by atoms with Crippen molar-refractivity contribution in [3.63, 3.8) is 0 Å². The van der Waals surface area contributed by atoms with Crippen LogP contribution in [0.2, 0.25) is 0 Å². The zero-order chi connectivity index (χ0) is 16.7. The summed E-state index contributed by atoms with van der Waals surface area (Å²) >= 11 is 1.30. The number of aromatic nitrogens is 3. The van der Waals surface area contributed by atoms with Gasteiger partial charge in [-0.1, -0.05) is 30.0 Å². The minimum Gasteiger partial charge on any atom is -0.383 e. The Balaban J connectivity index is 1.87. The first-order valence-electron chi connectivity index (χ1n) is 7.08. The number of carbonyl (C=O) groups is 1. The van der Waals surface area contributed by atoms with E-state index in [2.05, 4.69) is 10.2 Å². The van der Waals surface area contributed by atoms with Gasteiger partial charge >= 0.3 is 0 Å². The Morgan fingerprint density at radius 1 is 1.43 bits per heavy atom. The molecule has 0 N–H and O–H groups in total. The van der Waals surface area contributed by atoms with Crippen LogP contribution in [-0.4, -0.2) is 52.1 Å². The Hall–Kier alpha value is -1.93. The number of methoxy groups -OCH3 is 1. The number of nitrogens with zero attached hydrogens (tertiary/aromatic N) is 4. The normalized spacial score (nSPS) is 10.7. The van der Waals surface area contributed by atoms with Gasteiger partial charge in [-0.05, 0) is 6.07 Å². The monoisotopic (exact) mass is 338 g/mol. The molecule has 2 rings (SSSR count). The van der Waals surface area contributed by atoms with Crippen LogP contribution in [0.1, 0.15) is 5.56 Å². The van der Waals surface area contributed by atoms with E-state index < -0.39 is 0 Å². The fraction of sp³-hybridized carbons (Fsp3) is 0.400. The number of benzene rings is 1. The summed E-state index contributed by atoms with van der Waals surface area (Å²) in [7, 11) is 3.28. The van der Waals surface area contributed by atoms with E-state index in [4.69, 9.17) is 4.74 Å². The SMILES string of the molecule is COCCn1cnnc1SCC(=O)N(C)Cc1ccccc1F. The Labute approximate surface area is 138 Å². The molecule has 0 aliphatic rings. The topological polar surface area (TPSA) is 60.2 Å². The molecule has 0 radical (unpaired) electrons. The lowest BCUT2D eigenvalue weighted by atomic mass is 10.2. The van der Waals surface area contributed by atoms with Crippen LogP contribution in [0.5, 0.6) is 0 Å². The molecule has 6 nitrogen and oxygen atoms in total. The first-order valence-corrected chi connectivity index (χ1v) is 8.07. The van der Waals surface area contributed by atoms with Crippen LogP contribution in [0.15, 0.2) is 35.7 Å². The standard InChI is InChI=1S/C15H19FN4O2S/c1-19(9-12-5-3-4-6-13(12)16)14(21)10-23-15-18-17-11-20(15)7-8-22-2/h3-6,11H,7-10H2,1-2H3. The van der Waals surface area contributed by atoms with E-state index in [-0.39, 0.29) is 24.0 Å². The average Bonchev–Trinajstić information content (AvgIpc) is 3.00. The van der Waals surface area contributed by atoms with E-state index in [0.29, 0.717) is 23.9 Å². The third-order valence-electron chi connectivity index (χ3n) is 3.23. The number of thioether (sulfide) groups is 1. The largest absolute Gasteiger partial charge is 0.383 e. The lowest BCUT2D eigenvalue weighted by Crippen LogP contribution is -2.28. The molecule has 0 spiro atoms. The molecule has 0 atom stereocenters. The number of ether oxygens (including phenoxy) is 1. The Bertz CT molecular complexity index is 650. The Kier molecular flexibility index (Phi) is 6.54. The van der Waals surface area contributed by atoms with Crippen LogP contribution in [0.3, 0.4) is 0 Å². The van der Waals surface area contributed by atoms with Gasteiger partial charge in [0.1, 0.15) is 12.1 Å². The van der Waals surface area contributed by atoms with Gasteiger partial charge in [-0.2, -0.15) is 0 Å². The average molecular weight is 338 g/mol. The molecular formula is C15H19FN4O2S. The van der Waals surface area contributed by atoms with Crippen molar-refractivity contribution < 1.29 is 13.9 Å². The second-order valence-corrected chi connectivity index (χ2v) is 5.87. The molecule has 2 aromatic rings. The number of rotatable bonds is 8. The molecule has 0 saturated carbocycles. The van der Waals surface area contributed by atoms with Crippen molar-refractivity contribution in [3.8, 4) is 0 Å². The van der Waals surface area contributed by atoms with Gasteiger partial charge < -0.3 is 14.2 Å². The summed E-state index contributed by atoms with van der Waals surface area (Å²) in [5.41, 5.74) is 0.497. The van der Waals surface area contributed by atoms with Crippen LogP contribution >= 0.6 is 11.8 Å². The van der Waals surface area contributed by atoms with E-state index >= 15 is 0 Å². The molecular weight excluding hydrogens is 319 g/mol. The zero-order valence-corrected chi connectivity index (χ0v) is 13.9. The van der Waals surface area contributed by atoms with E-state index in [1.54, 1.807) is 38.7 Å². The lowest BCUT2D eigenvalue weighted by molar-refractivity contribution is -0.127. The Morgan fingerprint density at radius 2 is 2.22 bits per heavy atom. The highest BCUT2D eigenvalue weighted by Gasteiger charge is 2.14. The minimum atomic E-state index is -0.306. The number of halogens is 1. The summed E-state index contributed by atoms with van der Waals surface area (Å²) in [6.07, 6.45) is 1.61. The lowest BCUT2D eigenvalue weighted by Gasteiger charge is -2.17. The number of carbonyl (C=O) groups excluding carboxylic acids is 1. The third kappa shape index (κ3) is 5.04. The third-order valence-corrected chi connectivity index (χ3v) is 4.20. The van der Waals surface area contributed by atoms with Crippen molar-refractivity contribution in [2.24, 2.45) is 0 Å². The summed E-state index contributed by atoms with van der Waals surface area (Å²) in [6.45, 7) is 1.42. The summed E-state index contributed by atoms with van der Waals surface area (Å²) in [4.78, 5) is 13.7. The molecule has 0 bridgehead atoms. The molecule has 1 aromatic heterocycles. The van der Waals surface area contributed by atoms with Crippen LogP contribution in [0.25, 0.3) is 0 Å². The van der Waals surface area contributed by atoms with Crippen LogP contribution in [0.4, 0.5) is 4.39 Å². The Morgan fingerprint density at radius 3 is 2.96 bits per heavy atom. The van der Waals surface area contributed by atoms with Gasteiger partial charge in [-0.15, -0.1) is 10.2 Å². The molecule has 8 heteroatoms. The molecule has 0 aliphatic carbocycles. The summed E-state index contributed by atoms with van der Waals surface area (Å²) < 4.78 is 20.5. The van der Waals surface area contributed by atoms with Gasteiger partial charge in [0, 0.05) is 32.8 Å². The number of hydrogen-bond donors (Lipinski definition) is 0. The highest BCUT2D eigenvalue weighted by atomic mass is 32.2. The smallest absolute Gasteiger partial charge is 0.233 e. The predicted molar refractivity (Wildman–Crippen MR) is 85.5 cm³/mol. The van der Waals surface area contributed by atoms with Gasteiger partial charge in [-0.25, -0.2) is 4.39 Å². The second-order valence-electron chi connectivity index (χ2n) is 4.93. The number of hydrogen-bond acceptors (Lipinski definition) is 5. The molecule has 23 heavy (non-hydrogen) atoms. The molecule has 1 heterocycles. The summed E-state index contributed by atoms with van der Waals surface area (Å²) in [6, 6.07) is 6.45. The van der Waals surface area contributed by atoms with Gasteiger partial charge in [0.25, 0.3) is 0 Å². The molecule has 0 unspecified atom stereocenters. The van der Waals surface area contributed by atoms with Crippen LogP contribution in [-0.2, 0) is 22.6 Å². The van der Waals surface area contributed by atoms with Gasteiger partial charge in [-0.3, -0.25) is 4.79 Å². The summed E-state index contributed by atoms with van der Waals surface area (Å²) in [5, 5.41) is 8.49. The van der Waals surface area contributed by atoms with Crippen molar-refractivity contribution in [2.45, 2.75) is 18.2 Å². The minimum absolute atomic E-state index is 0.0976. The highest BCUT2D eigenvalue weighted by molar-refractivity contribution is 7.99. The van der Waals surface area contributed by atoms with Crippen molar-refractivity contribution in [1.82, 2.24) is 19.7 Å². The first-order chi connectivity index (χ1) is 11.1. The van der Waals surface area contributed by atoms with E-state index in [0.717, 1.165) is 0 Å². The van der Waals surface area contributed by atoms with Crippen molar-refractivity contribution >= 4 is 17.7 Å². The maximum absolute atomic E-state index is 13.6. The van der Waals surface area contributed by atoms with Crippen molar-refractivity contribution in [3.05, 3.63) is 42.0 Å². The van der Waals surface area contributed by atoms with Crippen LogP contribution < -0.4 is 0 Å². The van der Waals surface area contributed by atoms with Gasteiger partial charge in [0.05, 0.1) is 12.4 Å². The van der Waals surface area contributed by atoms with E-state index in [9.17, 15) is 9.18 Å².